The maximum Gasteiger partial charge on any atom is 0.243 e. The van der Waals surface area contributed by atoms with E-state index in [4.69, 9.17) is 9.26 Å². The van der Waals surface area contributed by atoms with Crippen LogP contribution in [-0.4, -0.2) is 23.8 Å². The van der Waals surface area contributed by atoms with Gasteiger partial charge in [0.2, 0.25) is 11.7 Å². The highest BCUT2D eigenvalue weighted by Gasteiger charge is 2.34. The van der Waals surface area contributed by atoms with E-state index in [2.05, 4.69) is 29.3 Å². The molecule has 1 aliphatic heterocycles. The van der Waals surface area contributed by atoms with Crippen molar-refractivity contribution in [3.8, 4) is 0 Å². The van der Waals surface area contributed by atoms with Crippen LogP contribution in [0.5, 0.6) is 0 Å². The molecule has 1 saturated heterocycles. The molecule has 2 heterocycles. The smallest absolute Gasteiger partial charge is 0.243 e. The summed E-state index contributed by atoms with van der Waals surface area (Å²) in [5.74, 6) is 1.39. The number of nitrogens with zero attached hydrogens (tertiary/aromatic N) is 2. The number of hydrogen-bond donors (Lipinski definition) is 1. The average Bonchev–Trinajstić information content (AvgIpc) is 2.78. The van der Waals surface area contributed by atoms with Crippen molar-refractivity contribution in [3.63, 3.8) is 0 Å². The first-order valence-corrected chi connectivity index (χ1v) is 7.38. The molecule has 5 nitrogen and oxygen atoms in total. The molecular weight excluding hydrogens is 242 g/mol. The molecule has 1 unspecified atom stereocenters. The monoisotopic (exact) mass is 267 g/mol. The van der Waals surface area contributed by atoms with Gasteiger partial charge in [-0.25, -0.2) is 0 Å². The number of hydrogen-bond acceptors (Lipinski definition) is 5. The average molecular weight is 267 g/mol. The molecule has 2 rings (SSSR count). The second-order valence-corrected chi connectivity index (χ2v) is 5.22. The molecule has 1 fully saturated rings. The lowest BCUT2D eigenvalue weighted by Crippen LogP contribution is -2.28. The van der Waals surface area contributed by atoms with E-state index >= 15 is 0 Å². The number of nitrogens with one attached hydrogen (secondary N) is 1. The Bertz CT molecular complexity index is 372. The Morgan fingerprint density at radius 2 is 2.11 bits per heavy atom. The fourth-order valence-electron chi connectivity index (χ4n) is 2.75. The lowest BCUT2D eigenvalue weighted by Gasteiger charge is -2.26. The molecular formula is C14H25N3O2. The lowest BCUT2D eigenvalue weighted by atomic mass is 9.96. The summed E-state index contributed by atoms with van der Waals surface area (Å²) < 4.78 is 11.1. The Balaban J connectivity index is 2.17. The Morgan fingerprint density at radius 3 is 2.79 bits per heavy atom. The highest BCUT2D eigenvalue weighted by Crippen LogP contribution is 2.31. The van der Waals surface area contributed by atoms with E-state index in [0.29, 0.717) is 11.7 Å². The van der Waals surface area contributed by atoms with Gasteiger partial charge in [0.25, 0.3) is 0 Å². The standard InChI is InChI=1S/C14H25N3O2/c1-4-14(5-2,18-3)13-16-12(19-17-13)11-9-7-6-8-10-15-11/h11,15H,4-10H2,1-3H3. The largest absolute Gasteiger partial charge is 0.370 e. The van der Waals surface area contributed by atoms with Crippen molar-refractivity contribution in [2.24, 2.45) is 0 Å². The predicted molar refractivity (Wildman–Crippen MR) is 72.8 cm³/mol. The van der Waals surface area contributed by atoms with Gasteiger partial charge < -0.3 is 14.6 Å². The van der Waals surface area contributed by atoms with Crippen molar-refractivity contribution in [1.82, 2.24) is 15.5 Å². The topological polar surface area (TPSA) is 60.2 Å². The van der Waals surface area contributed by atoms with E-state index in [1.54, 1.807) is 7.11 Å². The second-order valence-electron chi connectivity index (χ2n) is 5.22. The first-order chi connectivity index (χ1) is 9.25. The van der Waals surface area contributed by atoms with Crippen molar-refractivity contribution in [2.45, 2.75) is 64.0 Å². The normalized spacial score (nSPS) is 21.3. The zero-order valence-electron chi connectivity index (χ0n) is 12.2. The predicted octanol–water partition coefficient (Wildman–Crippen LogP) is 2.94. The summed E-state index contributed by atoms with van der Waals surface area (Å²) in [7, 11) is 1.72. The van der Waals surface area contributed by atoms with E-state index in [1.165, 1.54) is 19.3 Å². The molecule has 1 aliphatic rings. The summed E-state index contributed by atoms with van der Waals surface area (Å²) in [5.41, 5.74) is -0.410. The lowest BCUT2D eigenvalue weighted by molar-refractivity contribution is -0.0306. The summed E-state index contributed by atoms with van der Waals surface area (Å²) in [6.45, 7) is 5.21. The van der Waals surface area contributed by atoms with Crippen molar-refractivity contribution < 1.29 is 9.26 Å². The number of rotatable bonds is 5. The molecule has 1 N–H and O–H groups in total. The summed E-state index contributed by atoms with van der Waals surface area (Å²) in [6, 6.07) is 0.201. The zero-order chi connectivity index (χ0) is 13.7. The quantitative estimate of drug-likeness (QED) is 0.888. The van der Waals surface area contributed by atoms with Gasteiger partial charge in [-0.05, 0) is 32.2 Å². The zero-order valence-corrected chi connectivity index (χ0v) is 12.2. The summed E-state index contributed by atoms with van der Waals surface area (Å²) >= 11 is 0. The molecule has 108 valence electrons. The minimum Gasteiger partial charge on any atom is -0.370 e. The van der Waals surface area contributed by atoms with Crippen molar-refractivity contribution in [3.05, 3.63) is 11.7 Å². The van der Waals surface area contributed by atoms with Crippen LogP contribution in [0.3, 0.4) is 0 Å². The fraction of sp³-hybridized carbons (Fsp3) is 0.857. The van der Waals surface area contributed by atoms with Gasteiger partial charge in [0.15, 0.2) is 0 Å². The SMILES string of the molecule is CCC(CC)(OC)c1noc(C2CCCCCN2)n1. The second kappa shape index (κ2) is 6.48. The minimum absolute atomic E-state index is 0.201. The fourth-order valence-corrected chi connectivity index (χ4v) is 2.75. The van der Waals surface area contributed by atoms with Crippen molar-refractivity contribution in [1.29, 1.82) is 0 Å². The van der Waals surface area contributed by atoms with Crippen LogP contribution in [0, 0.1) is 0 Å². The van der Waals surface area contributed by atoms with E-state index in [9.17, 15) is 0 Å². The number of ether oxygens (including phenoxy) is 1. The Hall–Kier alpha value is -0.940. The molecule has 0 spiro atoms. The van der Waals surface area contributed by atoms with Gasteiger partial charge in [-0.15, -0.1) is 0 Å². The van der Waals surface area contributed by atoms with Gasteiger partial charge in [0, 0.05) is 7.11 Å². The molecule has 0 radical (unpaired) electrons. The molecule has 5 heteroatoms. The third-order valence-electron chi connectivity index (χ3n) is 4.24. The van der Waals surface area contributed by atoms with Crippen LogP contribution in [-0.2, 0) is 10.3 Å². The molecule has 0 aromatic carbocycles. The van der Waals surface area contributed by atoms with Crippen molar-refractivity contribution >= 4 is 0 Å². The van der Waals surface area contributed by atoms with Gasteiger partial charge in [-0.1, -0.05) is 31.8 Å². The van der Waals surface area contributed by atoms with Gasteiger partial charge >= 0.3 is 0 Å². The molecule has 0 amide bonds. The molecule has 0 saturated carbocycles. The third kappa shape index (κ3) is 2.98. The van der Waals surface area contributed by atoms with Crippen LogP contribution in [0.4, 0.5) is 0 Å². The third-order valence-corrected chi connectivity index (χ3v) is 4.24. The van der Waals surface area contributed by atoms with Gasteiger partial charge in [-0.2, -0.15) is 4.98 Å². The van der Waals surface area contributed by atoms with Gasteiger partial charge in [0.1, 0.15) is 5.60 Å². The maximum absolute atomic E-state index is 5.64. The van der Waals surface area contributed by atoms with Crippen LogP contribution in [0.25, 0.3) is 0 Å². The van der Waals surface area contributed by atoms with E-state index in [0.717, 1.165) is 25.8 Å². The van der Waals surface area contributed by atoms with Gasteiger partial charge in [0.05, 0.1) is 6.04 Å². The van der Waals surface area contributed by atoms with Crippen LogP contribution >= 0.6 is 0 Å². The first-order valence-electron chi connectivity index (χ1n) is 7.38. The molecule has 1 atom stereocenters. The summed E-state index contributed by atoms with van der Waals surface area (Å²) in [6.07, 6.45) is 6.47. The molecule has 0 bridgehead atoms. The van der Waals surface area contributed by atoms with Crippen LogP contribution in [0.15, 0.2) is 4.52 Å². The van der Waals surface area contributed by atoms with E-state index < -0.39 is 5.60 Å². The molecule has 19 heavy (non-hydrogen) atoms. The maximum atomic E-state index is 5.64. The van der Waals surface area contributed by atoms with Crippen molar-refractivity contribution in [2.75, 3.05) is 13.7 Å². The number of aromatic nitrogens is 2. The van der Waals surface area contributed by atoms with Crippen LogP contribution in [0.2, 0.25) is 0 Å². The number of methoxy groups -OCH3 is 1. The minimum atomic E-state index is -0.410. The summed E-state index contributed by atoms with van der Waals surface area (Å²) in [4.78, 5) is 4.60. The first kappa shape index (κ1) is 14.5. The van der Waals surface area contributed by atoms with E-state index in [-0.39, 0.29) is 6.04 Å². The Labute approximate surface area is 115 Å². The highest BCUT2D eigenvalue weighted by molar-refractivity contribution is 5.03. The van der Waals surface area contributed by atoms with Crippen LogP contribution < -0.4 is 5.32 Å². The molecule has 1 aromatic rings. The molecule has 1 aromatic heterocycles. The Kier molecular flexibility index (Phi) is 4.93. The summed E-state index contributed by atoms with van der Waals surface area (Å²) in [5, 5.41) is 7.64. The van der Waals surface area contributed by atoms with Crippen LogP contribution in [0.1, 0.15) is 70.1 Å². The van der Waals surface area contributed by atoms with E-state index in [1.807, 2.05) is 0 Å². The molecule has 0 aliphatic carbocycles. The Morgan fingerprint density at radius 1 is 1.32 bits per heavy atom. The highest BCUT2D eigenvalue weighted by atomic mass is 16.5. The van der Waals surface area contributed by atoms with Gasteiger partial charge in [-0.3, -0.25) is 0 Å².